The molecule has 1 atom stereocenters. The monoisotopic (exact) mass is 499 g/mol. The first kappa shape index (κ1) is 24.0. The third-order valence-corrected chi connectivity index (χ3v) is 6.43. The first-order valence-corrected chi connectivity index (χ1v) is 11.6. The fourth-order valence-electron chi connectivity index (χ4n) is 4.57. The minimum atomic E-state index is -0.893. The van der Waals surface area contributed by atoms with E-state index in [4.69, 9.17) is 18.6 Å². The average Bonchev–Trinajstić information content (AvgIpc) is 3.48. The molecule has 1 aliphatic heterocycles. The number of methoxy groups -OCH3 is 3. The summed E-state index contributed by atoms with van der Waals surface area (Å²) in [7, 11) is 4.60. The summed E-state index contributed by atoms with van der Waals surface area (Å²) >= 11 is 0. The number of fused-ring (bicyclic) bond motifs is 1. The predicted octanol–water partition coefficient (Wildman–Crippen LogP) is 5.24. The SMILES string of the molecule is COc1ccc(CN2C(=O)C(O)=C(C(=O)c3cc4ccccc4o3)C2c2ccc(OC)c(OC)c2)cc1. The van der Waals surface area contributed by atoms with Gasteiger partial charge < -0.3 is 28.6 Å². The number of aliphatic hydroxyl groups is 1. The third-order valence-electron chi connectivity index (χ3n) is 6.43. The molecule has 0 bridgehead atoms. The molecule has 0 fully saturated rings. The molecule has 2 heterocycles. The van der Waals surface area contributed by atoms with Crippen LogP contribution in [0.15, 0.2) is 88.5 Å². The van der Waals surface area contributed by atoms with E-state index >= 15 is 0 Å². The summed E-state index contributed by atoms with van der Waals surface area (Å²) < 4.78 is 21.8. The van der Waals surface area contributed by atoms with Crippen LogP contribution in [0.1, 0.15) is 27.7 Å². The fourth-order valence-corrected chi connectivity index (χ4v) is 4.57. The summed E-state index contributed by atoms with van der Waals surface area (Å²) in [5.74, 6) is -0.204. The van der Waals surface area contributed by atoms with E-state index in [0.29, 0.717) is 28.4 Å². The van der Waals surface area contributed by atoms with Gasteiger partial charge in [-0.15, -0.1) is 0 Å². The van der Waals surface area contributed by atoms with E-state index in [0.717, 1.165) is 10.9 Å². The van der Waals surface area contributed by atoms with E-state index in [1.807, 2.05) is 24.3 Å². The van der Waals surface area contributed by atoms with Crippen molar-refractivity contribution in [2.75, 3.05) is 21.3 Å². The second-order valence-electron chi connectivity index (χ2n) is 8.54. The highest BCUT2D eigenvalue weighted by molar-refractivity contribution is 6.16. The number of carbonyl (C=O) groups excluding carboxylic acids is 2. The number of hydrogen-bond donors (Lipinski definition) is 1. The molecular formula is C29H25NO7. The Morgan fingerprint density at radius 3 is 2.32 bits per heavy atom. The van der Waals surface area contributed by atoms with Gasteiger partial charge in [0.1, 0.15) is 11.3 Å². The summed E-state index contributed by atoms with van der Waals surface area (Å²) in [5, 5.41) is 11.7. The van der Waals surface area contributed by atoms with Gasteiger partial charge in [0, 0.05) is 11.9 Å². The second-order valence-corrected chi connectivity index (χ2v) is 8.54. The molecule has 1 amide bonds. The van der Waals surface area contributed by atoms with Crippen molar-refractivity contribution in [2.24, 2.45) is 0 Å². The lowest BCUT2D eigenvalue weighted by Gasteiger charge is -2.27. The van der Waals surface area contributed by atoms with Crippen molar-refractivity contribution in [2.45, 2.75) is 12.6 Å². The van der Waals surface area contributed by atoms with Gasteiger partial charge in [-0.05, 0) is 47.5 Å². The number of furan rings is 1. The summed E-state index contributed by atoms with van der Waals surface area (Å²) in [5.41, 5.74) is 1.84. The van der Waals surface area contributed by atoms with Gasteiger partial charge in [-0.25, -0.2) is 0 Å². The van der Waals surface area contributed by atoms with Crippen molar-refractivity contribution in [1.82, 2.24) is 4.90 Å². The van der Waals surface area contributed by atoms with Gasteiger partial charge in [-0.3, -0.25) is 9.59 Å². The van der Waals surface area contributed by atoms with Crippen LogP contribution in [0.4, 0.5) is 0 Å². The lowest BCUT2D eigenvalue weighted by atomic mass is 9.94. The first-order valence-electron chi connectivity index (χ1n) is 11.6. The Kier molecular flexibility index (Phi) is 6.31. The lowest BCUT2D eigenvalue weighted by Crippen LogP contribution is -2.30. The Hall–Kier alpha value is -4.72. The van der Waals surface area contributed by atoms with Crippen molar-refractivity contribution in [3.05, 3.63) is 101 Å². The van der Waals surface area contributed by atoms with Gasteiger partial charge in [0.25, 0.3) is 5.91 Å². The zero-order valence-corrected chi connectivity index (χ0v) is 20.6. The minimum absolute atomic E-state index is 0.0346. The molecular weight excluding hydrogens is 474 g/mol. The molecule has 188 valence electrons. The van der Waals surface area contributed by atoms with E-state index < -0.39 is 23.5 Å². The number of aliphatic hydroxyl groups excluding tert-OH is 1. The first-order chi connectivity index (χ1) is 17.9. The molecule has 37 heavy (non-hydrogen) atoms. The molecule has 5 rings (SSSR count). The van der Waals surface area contributed by atoms with Crippen molar-refractivity contribution >= 4 is 22.7 Å². The third kappa shape index (κ3) is 4.27. The van der Waals surface area contributed by atoms with Crippen LogP contribution in [0.25, 0.3) is 11.0 Å². The molecule has 0 aliphatic carbocycles. The maximum absolute atomic E-state index is 13.8. The molecule has 8 nitrogen and oxygen atoms in total. The van der Waals surface area contributed by atoms with Crippen molar-refractivity contribution in [1.29, 1.82) is 0 Å². The number of ketones is 1. The van der Waals surface area contributed by atoms with E-state index in [2.05, 4.69) is 0 Å². The lowest BCUT2D eigenvalue weighted by molar-refractivity contribution is -0.130. The summed E-state index contributed by atoms with van der Waals surface area (Å²) in [6.07, 6.45) is 0. The van der Waals surface area contributed by atoms with Crippen molar-refractivity contribution in [3.8, 4) is 17.2 Å². The molecule has 8 heteroatoms. The van der Waals surface area contributed by atoms with Gasteiger partial charge >= 0.3 is 0 Å². The zero-order chi connectivity index (χ0) is 26.1. The molecule has 1 aromatic heterocycles. The van der Waals surface area contributed by atoms with E-state index in [1.165, 1.54) is 19.1 Å². The summed E-state index contributed by atoms with van der Waals surface area (Å²) in [4.78, 5) is 28.6. The van der Waals surface area contributed by atoms with Gasteiger partial charge in [-0.1, -0.05) is 36.4 Å². The van der Waals surface area contributed by atoms with Crippen LogP contribution in [0.5, 0.6) is 17.2 Å². The molecule has 3 aromatic carbocycles. The quantitative estimate of drug-likeness (QED) is 0.331. The largest absolute Gasteiger partial charge is 0.503 e. The average molecular weight is 500 g/mol. The summed E-state index contributed by atoms with van der Waals surface area (Å²) in [6, 6.07) is 20.3. The van der Waals surface area contributed by atoms with Gasteiger partial charge in [0.05, 0.1) is 32.9 Å². The Bertz CT molecular complexity index is 1480. The number of nitrogens with zero attached hydrogens (tertiary/aromatic N) is 1. The number of para-hydroxylation sites is 1. The molecule has 1 aliphatic rings. The number of carbonyl (C=O) groups is 2. The molecule has 0 saturated heterocycles. The number of rotatable bonds is 8. The Morgan fingerprint density at radius 1 is 0.919 bits per heavy atom. The van der Waals surface area contributed by atoms with Gasteiger partial charge in [-0.2, -0.15) is 0 Å². The van der Waals surface area contributed by atoms with Crippen molar-refractivity contribution in [3.63, 3.8) is 0 Å². The van der Waals surface area contributed by atoms with Crippen molar-refractivity contribution < 1.29 is 33.3 Å². The highest BCUT2D eigenvalue weighted by Gasteiger charge is 2.44. The predicted molar refractivity (Wildman–Crippen MR) is 136 cm³/mol. The fraction of sp³-hybridized carbons (Fsp3) is 0.172. The smallest absolute Gasteiger partial charge is 0.290 e. The van der Waals surface area contributed by atoms with Gasteiger partial charge in [0.2, 0.25) is 5.78 Å². The number of Topliss-reactive ketones (excluding diaryl/α,β-unsaturated/α-hetero) is 1. The number of hydrogen-bond acceptors (Lipinski definition) is 7. The standard InChI is InChI=1S/C29H25NO7/c1-34-20-11-8-17(9-12-20)16-30-26(19-10-13-22(35-2)23(15-19)36-3)25(28(32)29(30)33)27(31)24-14-18-6-4-5-7-21(18)37-24/h4-15,26,32H,16H2,1-3H3. The second kappa shape index (κ2) is 9.73. The molecule has 0 radical (unpaired) electrons. The molecule has 4 aromatic rings. The molecule has 1 unspecified atom stereocenters. The van der Waals surface area contributed by atoms with Gasteiger partial charge in [0.15, 0.2) is 23.0 Å². The minimum Gasteiger partial charge on any atom is -0.503 e. The molecule has 0 saturated carbocycles. The normalized spacial score (nSPS) is 15.4. The van der Waals surface area contributed by atoms with E-state index in [1.54, 1.807) is 55.6 Å². The Labute approximate surface area is 213 Å². The highest BCUT2D eigenvalue weighted by atomic mass is 16.5. The Balaban J connectivity index is 1.60. The maximum atomic E-state index is 13.8. The van der Waals surface area contributed by atoms with Crippen LogP contribution in [-0.4, -0.2) is 43.0 Å². The van der Waals surface area contributed by atoms with Crippen LogP contribution in [0.3, 0.4) is 0 Å². The zero-order valence-electron chi connectivity index (χ0n) is 20.6. The number of benzene rings is 3. The van der Waals surface area contributed by atoms with Crippen LogP contribution in [0, 0.1) is 0 Å². The molecule has 0 spiro atoms. The maximum Gasteiger partial charge on any atom is 0.290 e. The summed E-state index contributed by atoms with van der Waals surface area (Å²) in [6.45, 7) is 0.142. The van der Waals surface area contributed by atoms with E-state index in [-0.39, 0.29) is 17.9 Å². The van der Waals surface area contributed by atoms with Crippen LogP contribution in [0.2, 0.25) is 0 Å². The number of amides is 1. The Morgan fingerprint density at radius 2 is 1.65 bits per heavy atom. The highest BCUT2D eigenvalue weighted by Crippen LogP contribution is 2.42. The van der Waals surface area contributed by atoms with Crippen LogP contribution >= 0.6 is 0 Å². The molecule has 1 N–H and O–H groups in total. The number of ether oxygens (including phenoxy) is 3. The van der Waals surface area contributed by atoms with Crippen LogP contribution in [-0.2, 0) is 11.3 Å². The van der Waals surface area contributed by atoms with E-state index in [9.17, 15) is 14.7 Å². The van der Waals surface area contributed by atoms with Crippen LogP contribution < -0.4 is 14.2 Å². The topological polar surface area (TPSA) is 98.4 Å².